The van der Waals surface area contributed by atoms with Crippen LogP contribution in [0.5, 0.6) is 0 Å². The predicted molar refractivity (Wildman–Crippen MR) is 86.4 cm³/mol. The molecule has 5 heteroatoms. The first-order valence-corrected chi connectivity index (χ1v) is 8.07. The summed E-state index contributed by atoms with van der Waals surface area (Å²) < 4.78 is 0. The molecule has 3 N–H and O–H groups in total. The van der Waals surface area contributed by atoms with E-state index in [0.29, 0.717) is 22.8 Å². The summed E-state index contributed by atoms with van der Waals surface area (Å²) in [4.78, 5) is 14.5. The number of fused-ring (bicyclic) bond motifs is 1. The summed E-state index contributed by atoms with van der Waals surface area (Å²) in [5.41, 5.74) is 6.87. The van der Waals surface area contributed by atoms with Gasteiger partial charge in [0.15, 0.2) is 0 Å². The molecule has 2 unspecified atom stereocenters. The fourth-order valence-corrected chi connectivity index (χ4v) is 3.86. The van der Waals surface area contributed by atoms with Crippen LogP contribution in [0.3, 0.4) is 0 Å². The summed E-state index contributed by atoms with van der Waals surface area (Å²) in [6.07, 6.45) is 4.64. The number of anilines is 2. The van der Waals surface area contributed by atoms with Gasteiger partial charge in [0, 0.05) is 31.7 Å². The number of nitrogens with zero attached hydrogens (tertiary/aromatic N) is 1. The molecule has 1 saturated carbocycles. The number of halogens is 1. The van der Waals surface area contributed by atoms with Crippen LogP contribution in [0.1, 0.15) is 25.7 Å². The lowest BCUT2D eigenvalue weighted by Gasteiger charge is -2.16. The van der Waals surface area contributed by atoms with Gasteiger partial charge < -0.3 is 16.0 Å². The molecule has 2 atom stereocenters. The normalized spacial score (nSPS) is 25.0. The molecule has 4 nitrogen and oxygen atoms in total. The topological polar surface area (TPSA) is 58.4 Å². The van der Waals surface area contributed by atoms with Crippen molar-refractivity contribution in [2.24, 2.45) is 11.8 Å². The zero-order valence-corrected chi connectivity index (χ0v) is 12.9. The van der Waals surface area contributed by atoms with Gasteiger partial charge in [0.2, 0.25) is 5.91 Å². The van der Waals surface area contributed by atoms with Gasteiger partial charge >= 0.3 is 0 Å². The molecule has 1 aliphatic carbocycles. The molecule has 1 aromatic carbocycles. The van der Waals surface area contributed by atoms with Crippen molar-refractivity contribution in [2.45, 2.75) is 25.7 Å². The van der Waals surface area contributed by atoms with E-state index in [4.69, 9.17) is 17.3 Å². The number of hydrogen-bond donors (Lipinski definition) is 2. The van der Waals surface area contributed by atoms with Crippen LogP contribution in [0, 0.1) is 11.8 Å². The van der Waals surface area contributed by atoms with E-state index in [2.05, 4.69) is 10.2 Å². The lowest BCUT2D eigenvalue weighted by atomic mass is 10.0. The highest BCUT2D eigenvalue weighted by atomic mass is 35.5. The molecule has 1 aromatic rings. The van der Waals surface area contributed by atoms with Crippen LogP contribution in [0.2, 0.25) is 5.02 Å². The number of nitrogens with one attached hydrogen (secondary N) is 1. The van der Waals surface area contributed by atoms with E-state index in [9.17, 15) is 4.79 Å². The molecular formula is C16H22ClN3O. The molecule has 0 spiro atoms. The summed E-state index contributed by atoms with van der Waals surface area (Å²) in [5.74, 6) is 1.76. The summed E-state index contributed by atoms with van der Waals surface area (Å²) in [7, 11) is 0. The van der Waals surface area contributed by atoms with Crippen molar-refractivity contribution in [1.82, 2.24) is 4.90 Å². The molecule has 21 heavy (non-hydrogen) atoms. The van der Waals surface area contributed by atoms with Crippen LogP contribution in [-0.4, -0.2) is 30.4 Å². The second-order valence-electron chi connectivity index (χ2n) is 6.25. The predicted octanol–water partition coefficient (Wildman–Crippen LogP) is 2.98. The monoisotopic (exact) mass is 307 g/mol. The Morgan fingerprint density at radius 2 is 2.05 bits per heavy atom. The molecule has 114 valence electrons. The standard InChI is InChI=1S/C16H22ClN3O/c17-14-8-13(18)4-5-15(14)19-16(21)6-7-20-9-11-2-1-3-12(11)10-20/h4-5,8,11-12H,1-3,6-7,9-10,18H2,(H,19,21). The van der Waals surface area contributed by atoms with Gasteiger partial charge in [-0.1, -0.05) is 18.0 Å². The highest BCUT2D eigenvalue weighted by Gasteiger charge is 2.35. The Morgan fingerprint density at radius 3 is 2.71 bits per heavy atom. The van der Waals surface area contributed by atoms with Crippen LogP contribution in [-0.2, 0) is 4.79 Å². The van der Waals surface area contributed by atoms with Crippen LogP contribution in [0.15, 0.2) is 18.2 Å². The molecule has 3 rings (SSSR count). The lowest BCUT2D eigenvalue weighted by molar-refractivity contribution is -0.116. The summed E-state index contributed by atoms with van der Waals surface area (Å²) in [6, 6.07) is 5.14. The van der Waals surface area contributed by atoms with Crippen molar-refractivity contribution in [3.05, 3.63) is 23.2 Å². The van der Waals surface area contributed by atoms with Gasteiger partial charge in [0.25, 0.3) is 0 Å². The van der Waals surface area contributed by atoms with E-state index in [1.54, 1.807) is 18.2 Å². The van der Waals surface area contributed by atoms with Gasteiger partial charge in [0.1, 0.15) is 0 Å². The number of benzene rings is 1. The van der Waals surface area contributed by atoms with Crippen molar-refractivity contribution in [3.63, 3.8) is 0 Å². The summed E-state index contributed by atoms with van der Waals surface area (Å²) in [6.45, 7) is 3.17. The molecule has 1 heterocycles. The molecule has 1 amide bonds. The number of nitrogens with two attached hydrogens (primary N) is 1. The van der Waals surface area contributed by atoms with Gasteiger partial charge in [-0.15, -0.1) is 0 Å². The Labute approximate surface area is 130 Å². The highest BCUT2D eigenvalue weighted by Crippen LogP contribution is 2.37. The number of rotatable bonds is 4. The van der Waals surface area contributed by atoms with Crippen molar-refractivity contribution in [3.8, 4) is 0 Å². The van der Waals surface area contributed by atoms with Gasteiger partial charge in [-0.3, -0.25) is 4.79 Å². The third-order valence-electron chi connectivity index (χ3n) is 4.72. The molecule has 1 saturated heterocycles. The summed E-state index contributed by atoms with van der Waals surface area (Å²) >= 11 is 6.06. The molecular weight excluding hydrogens is 286 g/mol. The molecule has 0 aromatic heterocycles. The first-order chi connectivity index (χ1) is 10.1. The Morgan fingerprint density at radius 1 is 1.33 bits per heavy atom. The van der Waals surface area contributed by atoms with Crippen LogP contribution in [0.4, 0.5) is 11.4 Å². The van der Waals surface area contributed by atoms with Crippen molar-refractivity contribution >= 4 is 28.9 Å². The number of carbonyl (C=O) groups excluding carboxylic acids is 1. The fraction of sp³-hybridized carbons (Fsp3) is 0.562. The van der Waals surface area contributed by atoms with E-state index in [1.165, 1.54) is 32.4 Å². The van der Waals surface area contributed by atoms with E-state index < -0.39 is 0 Å². The van der Waals surface area contributed by atoms with Crippen LogP contribution in [0.25, 0.3) is 0 Å². The Bertz CT molecular complexity index is 522. The minimum Gasteiger partial charge on any atom is -0.399 e. The maximum Gasteiger partial charge on any atom is 0.225 e. The quantitative estimate of drug-likeness (QED) is 0.841. The van der Waals surface area contributed by atoms with E-state index >= 15 is 0 Å². The third-order valence-corrected chi connectivity index (χ3v) is 5.04. The molecule has 0 radical (unpaired) electrons. The van der Waals surface area contributed by atoms with Gasteiger partial charge in [0.05, 0.1) is 10.7 Å². The minimum atomic E-state index is 0.0127. The Hall–Kier alpha value is -1.26. The lowest BCUT2D eigenvalue weighted by Crippen LogP contribution is -2.26. The van der Waals surface area contributed by atoms with Crippen LogP contribution >= 0.6 is 11.6 Å². The average Bonchev–Trinajstić information content (AvgIpc) is 3.00. The zero-order valence-electron chi connectivity index (χ0n) is 12.1. The molecule has 2 fully saturated rings. The fourth-order valence-electron chi connectivity index (χ4n) is 3.62. The second kappa shape index (κ2) is 6.24. The van der Waals surface area contributed by atoms with Gasteiger partial charge in [-0.2, -0.15) is 0 Å². The Kier molecular flexibility index (Phi) is 4.36. The van der Waals surface area contributed by atoms with Crippen molar-refractivity contribution < 1.29 is 4.79 Å². The maximum absolute atomic E-state index is 12.0. The number of amides is 1. The maximum atomic E-state index is 12.0. The largest absolute Gasteiger partial charge is 0.399 e. The van der Waals surface area contributed by atoms with Crippen molar-refractivity contribution in [2.75, 3.05) is 30.7 Å². The number of nitrogen functional groups attached to an aromatic ring is 1. The summed E-state index contributed by atoms with van der Waals surface area (Å²) in [5, 5.41) is 3.34. The van der Waals surface area contributed by atoms with Gasteiger partial charge in [-0.25, -0.2) is 0 Å². The number of likely N-dealkylation sites (tertiary alicyclic amines) is 1. The minimum absolute atomic E-state index is 0.0127. The highest BCUT2D eigenvalue weighted by molar-refractivity contribution is 6.34. The van der Waals surface area contributed by atoms with Gasteiger partial charge in [-0.05, 0) is 42.9 Å². The number of carbonyl (C=O) groups is 1. The van der Waals surface area contributed by atoms with E-state index in [-0.39, 0.29) is 5.91 Å². The zero-order chi connectivity index (χ0) is 14.8. The molecule has 2 aliphatic rings. The molecule has 1 aliphatic heterocycles. The smallest absolute Gasteiger partial charge is 0.225 e. The van der Waals surface area contributed by atoms with E-state index in [0.717, 1.165) is 18.4 Å². The second-order valence-corrected chi connectivity index (χ2v) is 6.66. The SMILES string of the molecule is Nc1ccc(NC(=O)CCN2CC3CCCC3C2)c(Cl)c1. The average molecular weight is 308 g/mol. The number of hydrogen-bond acceptors (Lipinski definition) is 3. The molecule has 0 bridgehead atoms. The Balaban J connectivity index is 1.46. The third kappa shape index (κ3) is 3.50. The first-order valence-electron chi connectivity index (χ1n) is 7.69. The van der Waals surface area contributed by atoms with Crippen molar-refractivity contribution in [1.29, 1.82) is 0 Å². The van der Waals surface area contributed by atoms with Crippen LogP contribution < -0.4 is 11.1 Å². The first kappa shape index (κ1) is 14.7. The van der Waals surface area contributed by atoms with E-state index in [1.807, 2.05) is 0 Å².